The third-order valence-corrected chi connectivity index (χ3v) is 5.87. The average Bonchev–Trinajstić information content (AvgIpc) is 3.36. The molecule has 2 aliphatic heterocycles. The van der Waals surface area contributed by atoms with Crippen LogP contribution in [0.5, 0.6) is 0 Å². The lowest BCUT2D eigenvalue weighted by molar-refractivity contribution is -0.937. The van der Waals surface area contributed by atoms with Crippen LogP contribution in [0.3, 0.4) is 0 Å². The van der Waals surface area contributed by atoms with Crippen molar-refractivity contribution < 1.29 is 9.64 Å². The minimum absolute atomic E-state index is 0.255. The Labute approximate surface area is 161 Å². The number of para-hydroxylation sites is 1. The van der Waals surface area contributed by atoms with Gasteiger partial charge in [-0.15, -0.1) is 5.10 Å². The van der Waals surface area contributed by atoms with Crippen molar-refractivity contribution >= 4 is 5.69 Å². The zero-order chi connectivity index (χ0) is 18.6. The number of aromatic nitrogens is 4. The van der Waals surface area contributed by atoms with Crippen molar-refractivity contribution in [1.29, 1.82) is 0 Å². The van der Waals surface area contributed by atoms with Crippen molar-refractivity contribution in [2.45, 2.75) is 45.4 Å². The molecule has 0 bridgehead atoms. The Balaban J connectivity index is 1.45. The minimum atomic E-state index is 0.255. The van der Waals surface area contributed by atoms with Crippen molar-refractivity contribution in [2.75, 3.05) is 37.7 Å². The van der Waals surface area contributed by atoms with Crippen LogP contribution >= 0.6 is 0 Å². The lowest BCUT2D eigenvalue weighted by atomic mass is 10.0. The molecular weight excluding hydrogens is 340 g/mol. The van der Waals surface area contributed by atoms with Crippen LogP contribution in [-0.4, -0.2) is 59.1 Å². The smallest absolute Gasteiger partial charge is 0.209 e. The Kier molecular flexibility index (Phi) is 5.69. The van der Waals surface area contributed by atoms with E-state index in [1.165, 1.54) is 5.69 Å². The van der Waals surface area contributed by atoms with Gasteiger partial charge in [0.2, 0.25) is 5.82 Å². The van der Waals surface area contributed by atoms with E-state index in [4.69, 9.17) is 4.74 Å². The number of hydrogen-bond acceptors (Lipinski definition) is 5. The molecule has 1 N–H and O–H groups in total. The van der Waals surface area contributed by atoms with Crippen LogP contribution in [0.1, 0.15) is 38.6 Å². The zero-order valence-electron chi connectivity index (χ0n) is 16.4. The molecular formula is C20H31N6O+. The van der Waals surface area contributed by atoms with Crippen LogP contribution in [0.2, 0.25) is 0 Å². The van der Waals surface area contributed by atoms with E-state index in [0.717, 1.165) is 58.0 Å². The van der Waals surface area contributed by atoms with Gasteiger partial charge in [-0.25, -0.2) is 4.68 Å². The molecule has 2 aromatic rings. The molecule has 0 unspecified atom stereocenters. The molecule has 0 radical (unpaired) electrons. The fraction of sp³-hybridized carbons (Fsp3) is 0.650. The molecule has 7 heteroatoms. The number of piperazine rings is 1. The number of nitrogens with zero attached hydrogens (tertiary/aromatic N) is 5. The standard InChI is InChI=1S/C20H30N6O/c1-16(2)19(20-21-22-23-26(20)15-18-9-6-14-27-18)25-12-10-24(11-13-25)17-7-4-3-5-8-17/h3-5,7-8,16,18-19H,6,9-15H2,1-2H3/p+1/t18-,19+/m1/s1. The molecule has 1 aromatic heterocycles. The molecule has 2 atom stereocenters. The monoisotopic (exact) mass is 371 g/mol. The van der Waals surface area contributed by atoms with Crippen LogP contribution in [0.25, 0.3) is 0 Å². The minimum Gasteiger partial charge on any atom is -0.376 e. The quantitative estimate of drug-likeness (QED) is 0.819. The predicted molar refractivity (Wildman–Crippen MR) is 104 cm³/mol. The van der Waals surface area contributed by atoms with E-state index >= 15 is 0 Å². The SMILES string of the molecule is CC(C)[C@@H](c1nnnn1C[C@H]1CCCO1)[NH+]1CCN(c2ccccc2)CC1. The molecule has 7 nitrogen and oxygen atoms in total. The second-order valence-electron chi connectivity index (χ2n) is 8.06. The first-order valence-corrected chi connectivity index (χ1v) is 10.2. The third-order valence-electron chi connectivity index (χ3n) is 5.87. The van der Waals surface area contributed by atoms with Crippen LogP contribution in [-0.2, 0) is 11.3 Å². The van der Waals surface area contributed by atoms with Gasteiger partial charge in [-0.2, -0.15) is 0 Å². The molecule has 0 spiro atoms. The van der Waals surface area contributed by atoms with Gasteiger partial charge < -0.3 is 14.5 Å². The van der Waals surface area contributed by atoms with E-state index < -0.39 is 0 Å². The molecule has 2 fully saturated rings. The van der Waals surface area contributed by atoms with Gasteiger partial charge in [0.05, 0.1) is 38.8 Å². The fourth-order valence-corrected chi connectivity index (χ4v) is 4.50. The third kappa shape index (κ3) is 4.14. The molecule has 2 saturated heterocycles. The summed E-state index contributed by atoms with van der Waals surface area (Å²) in [4.78, 5) is 4.07. The number of tetrazole rings is 1. The summed E-state index contributed by atoms with van der Waals surface area (Å²) in [7, 11) is 0. The maximum atomic E-state index is 5.80. The van der Waals surface area contributed by atoms with Crippen molar-refractivity contribution in [3.63, 3.8) is 0 Å². The average molecular weight is 372 g/mol. The molecule has 1 aromatic carbocycles. The zero-order valence-corrected chi connectivity index (χ0v) is 16.4. The Bertz CT molecular complexity index is 704. The highest BCUT2D eigenvalue weighted by Gasteiger charge is 2.35. The first kappa shape index (κ1) is 18.4. The van der Waals surface area contributed by atoms with Gasteiger partial charge in [-0.05, 0) is 35.4 Å². The lowest BCUT2D eigenvalue weighted by Crippen LogP contribution is -3.15. The number of benzene rings is 1. The summed E-state index contributed by atoms with van der Waals surface area (Å²) < 4.78 is 7.80. The fourth-order valence-electron chi connectivity index (χ4n) is 4.50. The molecule has 27 heavy (non-hydrogen) atoms. The summed E-state index contributed by atoms with van der Waals surface area (Å²) in [5.74, 6) is 1.50. The summed E-state index contributed by atoms with van der Waals surface area (Å²) in [5.41, 5.74) is 1.32. The lowest BCUT2D eigenvalue weighted by Gasteiger charge is -2.38. The highest BCUT2D eigenvalue weighted by Crippen LogP contribution is 2.20. The Hall–Kier alpha value is -1.99. The van der Waals surface area contributed by atoms with Gasteiger partial charge in [0.1, 0.15) is 0 Å². The molecule has 3 heterocycles. The summed E-state index contributed by atoms with van der Waals surface area (Å²) in [6.07, 6.45) is 2.50. The van der Waals surface area contributed by atoms with E-state index in [-0.39, 0.29) is 6.10 Å². The normalized spacial score (nSPS) is 22.5. The van der Waals surface area contributed by atoms with E-state index in [1.807, 2.05) is 4.68 Å². The van der Waals surface area contributed by atoms with Gasteiger partial charge in [0.15, 0.2) is 6.04 Å². The van der Waals surface area contributed by atoms with Crippen molar-refractivity contribution in [3.8, 4) is 0 Å². The van der Waals surface area contributed by atoms with E-state index in [2.05, 4.69) is 64.6 Å². The second-order valence-corrected chi connectivity index (χ2v) is 8.06. The molecule has 146 valence electrons. The Morgan fingerprint density at radius 2 is 1.96 bits per heavy atom. The number of quaternary nitrogens is 1. The molecule has 0 aliphatic carbocycles. The highest BCUT2D eigenvalue weighted by molar-refractivity contribution is 5.46. The molecule has 2 aliphatic rings. The summed E-state index contributed by atoms with van der Waals surface area (Å²) in [6, 6.07) is 11.0. The molecule has 0 saturated carbocycles. The van der Waals surface area contributed by atoms with Crippen molar-refractivity contribution in [3.05, 3.63) is 36.2 Å². The molecule has 4 rings (SSSR count). The second kappa shape index (κ2) is 8.35. The van der Waals surface area contributed by atoms with Gasteiger partial charge in [0, 0.05) is 18.2 Å². The van der Waals surface area contributed by atoms with Gasteiger partial charge in [-0.3, -0.25) is 0 Å². The van der Waals surface area contributed by atoms with Gasteiger partial charge in [0.25, 0.3) is 0 Å². The summed E-state index contributed by atoms with van der Waals surface area (Å²) in [5, 5.41) is 12.7. The van der Waals surface area contributed by atoms with Crippen LogP contribution in [0.4, 0.5) is 5.69 Å². The molecule has 0 amide bonds. The predicted octanol–water partition coefficient (Wildman–Crippen LogP) is 0.954. The van der Waals surface area contributed by atoms with E-state index in [9.17, 15) is 0 Å². The maximum absolute atomic E-state index is 5.80. The number of anilines is 1. The highest BCUT2D eigenvalue weighted by atomic mass is 16.5. The van der Waals surface area contributed by atoms with Crippen molar-refractivity contribution in [2.24, 2.45) is 5.92 Å². The maximum Gasteiger partial charge on any atom is 0.209 e. The summed E-state index contributed by atoms with van der Waals surface area (Å²) in [6.45, 7) is 10.5. The topological polar surface area (TPSA) is 60.5 Å². The first-order chi connectivity index (χ1) is 13.2. The first-order valence-electron chi connectivity index (χ1n) is 10.2. The van der Waals surface area contributed by atoms with Crippen LogP contribution in [0, 0.1) is 5.92 Å². The van der Waals surface area contributed by atoms with E-state index in [0.29, 0.717) is 12.0 Å². The Morgan fingerprint density at radius 1 is 1.19 bits per heavy atom. The largest absolute Gasteiger partial charge is 0.376 e. The van der Waals surface area contributed by atoms with Crippen LogP contribution < -0.4 is 9.80 Å². The number of hydrogen-bond donors (Lipinski definition) is 1. The van der Waals surface area contributed by atoms with Gasteiger partial charge in [-0.1, -0.05) is 32.0 Å². The number of rotatable bonds is 6. The van der Waals surface area contributed by atoms with Crippen molar-refractivity contribution in [1.82, 2.24) is 20.2 Å². The van der Waals surface area contributed by atoms with E-state index in [1.54, 1.807) is 4.90 Å². The van der Waals surface area contributed by atoms with Crippen LogP contribution in [0.15, 0.2) is 30.3 Å². The Morgan fingerprint density at radius 3 is 2.63 bits per heavy atom. The number of nitrogens with one attached hydrogen (secondary N) is 1. The van der Waals surface area contributed by atoms with Gasteiger partial charge >= 0.3 is 0 Å². The summed E-state index contributed by atoms with van der Waals surface area (Å²) >= 11 is 0. The number of ether oxygens (including phenoxy) is 1.